The van der Waals surface area contributed by atoms with E-state index in [1.165, 1.54) is 6.33 Å². The maximum Gasteiger partial charge on any atom is 0.242 e. The number of benzene rings is 1. The molecule has 3 rings (SSSR count). The normalized spacial score (nSPS) is 10.9. The van der Waals surface area contributed by atoms with Gasteiger partial charge in [0.1, 0.15) is 11.8 Å². The van der Waals surface area contributed by atoms with Gasteiger partial charge in [0, 0.05) is 9.50 Å². The van der Waals surface area contributed by atoms with E-state index in [-0.39, 0.29) is 0 Å². The van der Waals surface area contributed by atoms with Crippen molar-refractivity contribution < 1.29 is 4.74 Å². The van der Waals surface area contributed by atoms with Crippen LogP contribution in [0.2, 0.25) is 5.02 Å². The van der Waals surface area contributed by atoms with Crippen molar-refractivity contribution in [2.45, 2.75) is 0 Å². The number of methoxy groups -OCH3 is 1. The molecule has 0 atom stereocenters. The Labute approximate surface area is 132 Å². The summed E-state index contributed by atoms with van der Waals surface area (Å²) in [5.41, 5.74) is 2.14. The van der Waals surface area contributed by atoms with E-state index in [1.54, 1.807) is 23.8 Å². The van der Waals surface area contributed by atoms with Gasteiger partial charge in [0.25, 0.3) is 0 Å². The molecular formula is C12H8BrClN4OS. The number of hydrogen-bond donors (Lipinski definition) is 1. The van der Waals surface area contributed by atoms with Gasteiger partial charge in [-0.1, -0.05) is 11.6 Å². The van der Waals surface area contributed by atoms with Gasteiger partial charge in [0.15, 0.2) is 10.4 Å². The van der Waals surface area contributed by atoms with E-state index in [0.29, 0.717) is 26.8 Å². The molecule has 5 nitrogen and oxygen atoms in total. The second-order valence-electron chi connectivity index (χ2n) is 3.94. The number of ether oxygens (including phenoxy) is 1. The van der Waals surface area contributed by atoms with Crippen LogP contribution in [-0.4, -0.2) is 26.6 Å². The first kappa shape index (κ1) is 13.5. The lowest BCUT2D eigenvalue weighted by Crippen LogP contribution is -1.98. The highest BCUT2D eigenvalue weighted by atomic mass is 79.9. The minimum atomic E-state index is 0.449. The lowest BCUT2D eigenvalue weighted by molar-refractivity contribution is 0.401. The Morgan fingerprint density at radius 2 is 2.20 bits per heavy atom. The van der Waals surface area contributed by atoms with Crippen molar-refractivity contribution in [3.63, 3.8) is 0 Å². The first-order valence-corrected chi connectivity index (χ1v) is 7.15. The Morgan fingerprint density at radius 1 is 1.40 bits per heavy atom. The average molecular weight is 372 g/mol. The maximum atomic E-state index is 5.97. The summed E-state index contributed by atoms with van der Waals surface area (Å²) in [6.07, 6.45) is 1.43. The minimum Gasteiger partial charge on any atom is -0.479 e. The van der Waals surface area contributed by atoms with E-state index in [9.17, 15) is 0 Å². The van der Waals surface area contributed by atoms with Gasteiger partial charge in [0.05, 0.1) is 12.8 Å². The van der Waals surface area contributed by atoms with E-state index in [1.807, 2.05) is 6.07 Å². The molecular weight excluding hydrogens is 364 g/mol. The Kier molecular flexibility index (Phi) is 3.49. The summed E-state index contributed by atoms with van der Waals surface area (Å²) in [7, 11) is 1.55. The average Bonchev–Trinajstić information content (AvgIpc) is 2.75. The summed E-state index contributed by atoms with van der Waals surface area (Å²) in [5.74, 6) is 0.449. The van der Waals surface area contributed by atoms with Crippen LogP contribution in [0.25, 0.3) is 16.9 Å². The summed E-state index contributed by atoms with van der Waals surface area (Å²) in [5, 5.41) is 0.638. The Balaban J connectivity index is 2.37. The standard InChI is InChI=1S/C12H8BrClN4OS/c1-19-11-9-10(15-5-16-11)18(12(20)17-9)8-3-2-6(14)4-7(8)13/h2-5H,1H3,(H,17,20). The summed E-state index contributed by atoms with van der Waals surface area (Å²) >= 11 is 14.8. The van der Waals surface area contributed by atoms with Gasteiger partial charge in [-0.2, -0.15) is 4.98 Å². The molecule has 0 spiro atoms. The first-order chi connectivity index (χ1) is 9.61. The SMILES string of the molecule is COc1ncnc2c1[nH]c(=S)n2-c1ccc(Cl)cc1Br. The molecule has 1 N–H and O–H groups in total. The molecule has 0 amide bonds. The van der Waals surface area contributed by atoms with Crippen LogP contribution < -0.4 is 4.74 Å². The predicted octanol–water partition coefficient (Wildman–Crippen LogP) is 3.90. The number of aromatic amines is 1. The summed E-state index contributed by atoms with van der Waals surface area (Å²) in [6, 6.07) is 5.46. The molecule has 0 radical (unpaired) electrons. The molecule has 0 fully saturated rings. The summed E-state index contributed by atoms with van der Waals surface area (Å²) < 4.78 is 8.33. The Bertz CT molecular complexity index is 860. The van der Waals surface area contributed by atoms with Gasteiger partial charge in [-0.05, 0) is 46.3 Å². The van der Waals surface area contributed by atoms with Crippen molar-refractivity contribution in [3.8, 4) is 11.6 Å². The second kappa shape index (κ2) is 5.16. The molecule has 0 saturated heterocycles. The number of imidazole rings is 1. The molecule has 0 aliphatic carbocycles. The zero-order chi connectivity index (χ0) is 14.3. The van der Waals surface area contributed by atoms with Crippen molar-refractivity contribution >= 4 is 50.9 Å². The van der Waals surface area contributed by atoms with Gasteiger partial charge in [0.2, 0.25) is 5.88 Å². The van der Waals surface area contributed by atoms with Crippen molar-refractivity contribution in [1.82, 2.24) is 19.5 Å². The van der Waals surface area contributed by atoms with Gasteiger partial charge >= 0.3 is 0 Å². The molecule has 0 aliphatic rings. The summed E-state index contributed by atoms with van der Waals surface area (Å²) in [4.78, 5) is 11.4. The van der Waals surface area contributed by atoms with E-state index in [4.69, 9.17) is 28.6 Å². The highest BCUT2D eigenvalue weighted by Crippen LogP contribution is 2.29. The fraction of sp³-hybridized carbons (Fsp3) is 0.0833. The van der Waals surface area contributed by atoms with E-state index < -0.39 is 0 Å². The third kappa shape index (κ3) is 2.11. The molecule has 102 valence electrons. The Hall–Kier alpha value is -1.44. The zero-order valence-corrected chi connectivity index (χ0v) is 13.4. The first-order valence-electron chi connectivity index (χ1n) is 5.57. The number of halogens is 2. The van der Waals surface area contributed by atoms with E-state index in [2.05, 4.69) is 30.9 Å². The minimum absolute atomic E-state index is 0.449. The van der Waals surface area contributed by atoms with E-state index in [0.717, 1.165) is 10.2 Å². The number of fused-ring (bicyclic) bond motifs is 1. The van der Waals surface area contributed by atoms with Crippen LogP contribution >= 0.6 is 39.7 Å². The molecule has 2 heterocycles. The van der Waals surface area contributed by atoms with Crippen molar-refractivity contribution in [2.24, 2.45) is 0 Å². The number of nitrogens with one attached hydrogen (secondary N) is 1. The Morgan fingerprint density at radius 3 is 2.90 bits per heavy atom. The van der Waals surface area contributed by atoms with E-state index >= 15 is 0 Å². The van der Waals surface area contributed by atoms with Crippen molar-refractivity contribution in [1.29, 1.82) is 0 Å². The van der Waals surface area contributed by atoms with Crippen LogP contribution in [0, 0.1) is 4.77 Å². The smallest absolute Gasteiger partial charge is 0.242 e. The quantitative estimate of drug-likeness (QED) is 0.694. The molecule has 0 unspecified atom stereocenters. The van der Waals surface area contributed by atoms with Crippen LogP contribution in [0.5, 0.6) is 5.88 Å². The van der Waals surface area contributed by atoms with Gasteiger partial charge in [-0.3, -0.25) is 4.57 Å². The topological polar surface area (TPSA) is 55.7 Å². The molecule has 1 aromatic carbocycles. The number of rotatable bonds is 2. The van der Waals surface area contributed by atoms with Crippen LogP contribution in [0.15, 0.2) is 29.0 Å². The highest BCUT2D eigenvalue weighted by Gasteiger charge is 2.14. The number of H-pyrrole nitrogens is 1. The lowest BCUT2D eigenvalue weighted by atomic mass is 10.3. The number of aromatic nitrogens is 4. The monoisotopic (exact) mass is 370 g/mol. The fourth-order valence-electron chi connectivity index (χ4n) is 1.94. The fourth-order valence-corrected chi connectivity index (χ4v) is 3.09. The lowest BCUT2D eigenvalue weighted by Gasteiger charge is -2.07. The van der Waals surface area contributed by atoms with Crippen molar-refractivity contribution in [2.75, 3.05) is 7.11 Å². The third-order valence-corrected chi connectivity index (χ3v) is 3.94. The third-order valence-electron chi connectivity index (χ3n) is 2.78. The summed E-state index contributed by atoms with van der Waals surface area (Å²) in [6.45, 7) is 0. The molecule has 0 aliphatic heterocycles. The van der Waals surface area contributed by atoms with Crippen LogP contribution in [0.4, 0.5) is 0 Å². The molecule has 0 bridgehead atoms. The van der Waals surface area contributed by atoms with Crippen molar-refractivity contribution in [3.05, 3.63) is 38.8 Å². The number of hydrogen-bond acceptors (Lipinski definition) is 4. The highest BCUT2D eigenvalue weighted by molar-refractivity contribution is 9.10. The van der Waals surface area contributed by atoms with Crippen LogP contribution in [0.3, 0.4) is 0 Å². The predicted molar refractivity (Wildman–Crippen MR) is 83.3 cm³/mol. The molecule has 0 saturated carbocycles. The molecule has 3 aromatic rings. The zero-order valence-electron chi connectivity index (χ0n) is 10.2. The van der Waals surface area contributed by atoms with Gasteiger partial charge in [-0.25, -0.2) is 4.98 Å². The van der Waals surface area contributed by atoms with Gasteiger partial charge < -0.3 is 9.72 Å². The van der Waals surface area contributed by atoms with Gasteiger partial charge in [-0.15, -0.1) is 0 Å². The number of nitrogens with zero attached hydrogens (tertiary/aromatic N) is 3. The maximum absolute atomic E-state index is 5.97. The van der Waals surface area contributed by atoms with Crippen LogP contribution in [0.1, 0.15) is 0 Å². The molecule has 8 heteroatoms. The molecule has 20 heavy (non-hydrogen) atoms. The molecule has 2 aromatic heterocycles. The largest absolute Gasteiger partial charge is 0.479 e. The van der Waals surface area contributed by atoms with Crippen LogP contribution in [-0.2, 0) is 0 Å². The second-order valence-corrected chi connectivity index (χ2v) is 5.62.